The fourth-order valence-corrected chi connectivity index (χ4v) is 1.43. The van der Waals surface area contributed by atoms with Crippen molar-refractivity contribution < 1.29 is 13.9 Å². The zero-order valence-corrected chi connectivity index (χ0v) is 11.6. The molecule has 0 heterocycles. The van der Waals surface area contributed by atoms with Gasteiger partial charge in [-0.2, -0.15) is 0 Å². The standard InChI is InChI=1S/C14H21FN2O2/c1-9(2)6-7-19-10(3)14(18)17-13-8-11(16)4-5-12(13)15/h4-5,8-10H,6-7,16H2,1-3H3,(H,17,18). The lowest BCUT2D eigenvalue weighted by atomic mass is 10.1. The van der Waals surface area contributed by atoms with E-state index in [4.69, 9.17) is 10.5 Å². The number of hydrogen-bond donors (Lipinski definition) is 2. The van der Waals surface area contributed by atoms with E-state index in [-0.39, 0.29) is 11.6 Å². The first-order valence-electron chi connectivity index (χ1n) is 6.37. The minimum absolute atomic E-state index is 0.0734. The van der Waals surface area contributed by atoms with Crippen LogP contribution in [0.15, 0.2) is 18.2 Å². The number of halogens is 1. The molecule has 3 N–H and O–H groups in total. The summed E-state index contributed by atoms with van der Waals surface area (Å²) < 4.78 is 18.8. The summed E-state index contributed by atoms with van der Waals surface area (Å²) in [4.78, 5) is 11.8. The molecule has 1 aromatic carbocycles. The van der Waals surface area contributed by atoms with Crippen LogP contribution in [0.2, 0.25) is 0 Å². The summed E-state index contributed by atoms with van der Waals surface area (Å²) in [5, 5.41) is 2.47. The van der Waals surface area contributed by atoms with Gasteiger partial charge in [0.25, 0.3) is 5.91 Å². The maximum atomic E-state index is 13.4. The molecule has 106 valence electrons. The molecule has 0 saturated carbocycles. The highest BCUT2D eigenvalue weighted by molar-refractivity contribution is 5.94. The van der Waals surface area contributed by atoms with Crippen molar-refractivity contribution >= 4 is 17.3 Å². The molecule has 1 atom stereocenters. The van der Waals surface area contributed by atoms with Gasteiger partial charge in [0.2, 0.25) is 0 Å². The largest absolute Gasteiger partial charge is 0.399 e. The summed E-state index contributed by atoms with van der Waals surface area (Å²) in [7, 11) is 0. The van der Waals surface area contributed by atoms with Crippen LogP contribution in [0.5, 0.6) is 0 Å². The number of nitrogens with one attached hydrogen (secondary N) is 1. The Morgan fingerprint density at radius 3 is 2.74 bits per heavy atom. The minimum atomic E-state index is -0.625. The summed E-state index contributed by atoms with van der Waals surface area (Å²) in [6.45, 7) is 6.30. The summed E-state index contributed by atoms with van der Waals surface area (Å²) in [5.74, 6) is -0.383. The van der Waals surface area contributed by atoms with E-state index in [9.17, 15) is 9.18 Å². The molecule has 0 aliphatic rings. The van der Waals surface area contributed by atoms with Gasteiger partial charge in [0.05, 0.1) is 5.69 Å². The zero-order chi connectivity index (χ0) is 14.4. The summed E-state index contributed by atoms with van der Waals surface area (Å²) >= 11 is 0. The fourth-order valence-electron chi connectivity index (χ4n) is 1.43. The number of anilines is 2. The molecule has 1 aromatic rings. The van der Waals surface area contributed by atoms with Crippen LogP contribution in [0.25, 0.3) is 0 Å². The van der Waals surface area contributed by atoms with Gasteiger partial charge in [-0.1, -0.05) is 13.8 Å². The first kappa shape index (κ1) is 15.4. The van der Waals surface area contributed by atoms with Crippen LogP contribution in [0.3, 0.4) is 0 Å². The SMILES string of the molecule is CC(C)CCOC(C)C(=O)Nc1cc(N)ccc1F. The molecule has 0 saturated heterocycles. The Hall–Kier alpha value is -1.62. The molecular formula is C14H21FN2O2. The van der Waals surface area contributed by atoms with Crippen molar-refractivity contribution in [2.45, 2.75) is 33.3 Å². The molecule has 0 aliphatic heterocycles. The Labute approximate surface area is 113 Å². The number of nitrogen functional groups attached to an aromatic ring is 1. The second kappa shape index (κ2) is 7.09. The third kappa shape index (κ3) is 5.26. The Bertz CT molecular complexity index is 435. The molecule has 0 radical (unpaired) electrons. The van der Waals surface area contributed by atoms with Crippen LogP contribution in [0, 0.1) is 11.7 Å². The molecule has 1 unspecified atom stereocenters. The zero-order valence-electron chi connectivity index (χ0n) is 11.6. The minimum Gasteiger partial charge on any atom is -0.399 e. The van der Waals surface area contributed by atoms with Crippen molar-refractivity contribution in [3.63, 3.8) is 0 Å². The number of amides is 1. The van der Waals surface area contributed by atoms with Crippen molar-refractivity contribution in [3.8, 4) is 0 Å². The molecule has 4 nitrogen and oxygen atoms in total. The lowest BCUT2D eigenvalue weighted by Gasteiger charge is -2.14. The molecule has 1 rings (SSSR count). The number of carbonyl (C=O) groups excluding carboxylic acids is 1. The predicted octanol–water partition coefficient (Wildman–Crippen LogP) is 2.80. The average molecular weight is 268 g/mol. The summed E-state index contributed by atoms with van der Waals surface area (Å²) in [5.41, 5.74) is 6.01. The van der Waals surface area contributed by atoms with Crippen LogP contribution in [0.4, 0.5) is 15.8 Å². The fraction of sp³-hybridized carbons (Fsp3) is 0.500. The lowest BCUT2D eigenvalue weighted by molar-refractivity contribution is -0.126. The summed E-state index contributed by atoms with van der Waals surface area (Å²) in [6.07, 6.45) is 0.254. The maximum absolute atomic E-state index is 13.4. The van der Waals surface area contributed by atoms with Crippen LogP contribution < -0.4 is 11.1 Å². The quantitative estimate of drug-likeness (QED) is 0.780. The number of rotatable bonds is 6. The molecule has 1 amide bonds. The van der Waals surface area contributed by atoms with E-state index in [1.807, 2.05) is 0 Å². The molecule has 5 heteroatoms. The number of benzene rings is 1. The second-order valence-corrected chi connectivity index (χ2v) is 4.92. The van der Waals surface area contributed by atoms with Crippen LogP contribution in [-0.2, 0) is 9.53 Å². The normalized spacial score (nSPS) is 12.5. The molecule has 0 fully saturated rings. The highest BCUT2D eigenvalue weighted by atomic mass is 19.1. The van der Waals surface area contributed by atoms with E-state index in [1.54, 1.807) is 6.92 Å². The predicted molar refractivity (Wildman–Crippen MR) is 74.3 cm³/mol. The Morgan fingerprint density at radius 2 is 2.11 bits per heavy atom. The Morgan fingerprint density at radius 1 is 1.42 bits per heavy atom. The van der Waals surface area contributed by atoms with Gasteiger partial charge in [-0.15, -0.1) is 0 Å². The van der Waals surface area contributed by atoms with Crippen molar-refractivity contribution in [1.29, 1.82) is 0 Å². The first-order valence-corrected chi connectivity index (χ1v) is 6.37. The Kier molecular flexibility index (Phi) is 5.76. The van der Waals surface area contributed by atoms with Crippen molar-refractivity contribution in [2.75, 3.05) is 17.7 Å². The summed E-state index contributed by atoms with van der Waals surface area (Å²) in [6, 6.07) is 4.04. The van der Waals surface area contributed by atoms with Crippen molar-refractivity contribution in [1.82, 2.24) is 0 Å². The van der Waals surface area contributed by atoms with E-state index >= 15 is 0 Å². The average Bonchev–Trinajstić information content (AvgIpc) is 2.33. The van der Waals surface area contributed by atoms with Gasteiger partial charge in [0.1, 0.15) is 11.9 Å². The van der Waals surface area contributed by atoms with E-state index in [0.29, 0.717) is 18.2 Å². The van der Waals surface area contributed by atoms with Gasteiger partial charge < -0.3 is 15.8 Å². The molecule has 0 aromatic heterocycles. The van der Waals surface area contributed by atoms with Crippen molar-refractivity contribution in [2.24, 2.45) is 5.92 Å². The van der Waals surface area contributed by atoms with Crippen molar-refractivity contribution in [3.05, 3.63) is 24.0 Å². The van der Waals surface area contributed by atoms with Crippen LogP contribution in [0.1, 0.15) is 27.2 Å². The van der Waals surface area contributed by atoms with E-state index in [1.165, 1.54) is 18.2 Å². The third-order valence-corrected chi connectivity index (χ3v) is 2.68. The van der Waals surface area contributed by atoms with Gasteiger partial charge in [0.15, 0.2) is 0 Å². The molecule has 0 bridgehead atoms. The van der Waals surface area contributed by atoms with Crippen LogP contribution in [-0.4, -0.2) is 18.6 Å². The van der Waals surface area contributed by atoms with E-state index < -0.39 is 11.9 Å². The van der Waals surface area contributed by atoms with Gasteiger partial charge in [-0.3, -0.25) is 4.79 Å². The van der Waals surface area contributed by atoms with Gasteiger partial charge in [0, 0.05) is 12.3 Å². The molecule has 19 heavy (non-hydrogen) atoms. The molecule has 0 spiro atoms. The van der Waals surface area contributed by atoms with Crippen LogP contribution >= 0.6 is 0 Å². The maximum Gasteiger partial charge on any atom is 0.253 e. The molecular weight excluding hydrogens is 247 g/mol. The number of nitrogens with two attached hydrogens (primary N) is 1. The first-order chi connectivity index (χ1) is 8.90. The highest BCUT2D eigenvalue weighted by Crippen LogP contribution is 2.17. The van der Waals surface area contributed by atoms with Gasteiger partial charge >= 0.3 is 0 Å². The highest BCUT2D eigenvalue weighted by Gasteiger charge is 2.15. The van der Waals surface area contributed by atoms with E-state index in [0.717, 1.165) is 6.42 Å². The lowest BCUT2D eigenvalue weighted by Crippen LogP contribution is -2.28. The van der Waals surface area contributed by atoms with Gasteiger partial charge in [-0.05, 0) is 37.5 Å². The number of hydrogen-bond acceptors (Lipinski definition) is 3. The number of ether oxygens (including phenoxy) is 1. The number of carbonyl (C=O) groups is 1. The smallest absolute Gasteiger partial charge is 0.253 e. The second-order valence-electron chi connectivity index (χ2n) is 4.92. The monoisotopic (exact) mass is 268 g/mol. The molecule has 0 aliphatic carbocycles. The third-order valence-electron chi connectivity index (χ3n) is 2.68. The Balaban J connectivity index is 2.51. The van der Waals surface area contributed by atoms with E-state index in [2.05, 4.69) is 19.2 Å². The van der Waals surface area contributed by atoms with Gasteiger partial charge in [-0.25, -0.2) is 4.39 Å². The topological polar surface area (TPSA) is 64.3 Å².